The molecule has 0 aliphatic carbocycles. The van der Waals surface area contributed by atoms with Gasteiger partial charge in [-0.3, -0.25) is 14.4 Å². The van der Waals surface area contributed by atoms with Crippen LogP contribution in [0.15, 0.2) is 35.3 Å². The van der Waals surface area contributed by atoms with Gasteiger partial charge in [-0.2, -0.15) is 0 Å². The smallest absolute Gasteiger partial charge is 0.257 e. The molecule has 0 aliphatic rings. The normalized spacial score (nSPS) is 11.5. The Labute approximate surface area is 145 Å². The number of H-pyrrole nitrogens is 1. The maximum absolute atomic E-state index is 12.3. The van der Waals surface area contributed by atoms with E-state index in [1.54, 1.807) is 31.3 Å². The van der Waals surface area contributed by atoms with Crippen LogP contribution in [0, 0.1) is 0 Å². The molecule has 8 heteroatoms. The number of rotatable bonds is 5. The van der Waals surface area contributed by atoms with E-state index in [9.17, 15) is 14.4 Å². The van der Waals surface area contributed by atoms with Gasteiger partial charge in [0.05, 0.1) is 6.54 Å². The highest BCUT2D eigenvalue weighted by Crippen LogP contribution is 2.06. The molecular formula is C16H21ClN4O3. The summed E-state index contributed by atoms with van der Waals surface area (Å²) in [5.41, 5.74) is 5.77. The minimum absolute atomic E-state index is 0. The lowest BCUT2D eigenvalue weighted by atomic mass is 10.1. The Hall–Kier alpha value is -2.38. The Morgan fingerprint density at radius 1 is 1.33 bits per heavy atom. The first-order valence-electron chi connectivity index (χ1n) is 7.30. The number of amides is 2. The van der Waals surface area contributed by atoms with Crippen LogP contribution in [0.1, 0.15) is 17.3 Å². The predicted molar refractivity (Wildman–Crippen MR) is 95.4 cm³/mol. The molecule has 1 atom stereocenters. The number of nitrogens with zero attached hydrogens (tertiary/aromatic N) is 1. The van der Waals surface area contributed by atoms with Crippen molar-refractivity contribution in [3.63, 3.8) is 0 Å². The minimum Gasteiger partial charge on any atom is -0.360 e. The van der Waals surface area contributed by atoms with Gasteiger partial charge >= 0.3 is 0 Å². The molecule has 7 nitrogen and oxygen atoms in total. The van der Waals surface area contributed by atoms with Crippen LogP contribution in [0.5, 0.6) is 0 Å². The highest BCUT2D eigenvalue weighted by molar-refractivity contribution is 5.98. The molecule has 0 radical (unpaired) electrons. The topological polar surface area (TPSA) is 108 Å². The second-order valence-corrected chi connectivity index (χ2v) is 5.35. The molecule has 1 aromatic carbocycles. The third kappa shape index (κ3) is 4.12. The van der Waals surface area contributed by atoms with Gasteiger partial charge in [0.1, 0.15) is 5.56 Å². The zero-order valence-corrected chi connectivity index (χ0v) is 14.4. The summed E-state index contributed by atoms with van der Waals surface area (Å²) < 4.78 is 0. The van der Waals surface area contributed by atoms with E-state index in [2.05, 4.69) is 10.3 Å². The first-order chi connectivity index (χ1) is 11.0. The Bertz CT molecular complexity index is 790. The van der Waals surface area contributed by atoms with Crippen molar-refractivity contribution < 1.29 is 9.59 Å². The van der Waals surface area contributed by atoms with Crippen LogP contribution < -0.4 is 16.5 Å². The molecule has 0 saturated carbocycles. The highest BCUT2D eigenvalue weighted by Gasteiger charge is 2.17. The summed E-state index contributed by atoms with van der Waals surface area (Å²) in [4.78, 5) is 40.8. The largest absolute Gasteiger partial charge is 0.360 e. The van der Waals surface area contributed by atoms with E-state index in [0.29, 0.717) is 17.4 Å². The fourth-order valence-corrected chi connectivity index (χ4v) is 2.12. The number of likely N-dealkylation sites (N-methyl/N-ethyl adjacent to an activating group) is 1. The Kier molecular flexibility index (Phi) is 6.94. The molecule has 0 fully saturated rings. The van der Waals surface area contributed by atoms with Gasteiger partial charge in [-0.1, -0.05) is 12.1 Å². The van der Waals surface area contributed by atoms with Gasteiger partial charge in [0.25, 0.3) is 5.91 Å². The summed E-state index contributed by atoms with van der Waals surface area (Å²) in [6.07, 6.45) is 1.36. The summed E-state index contributed by atoms with van der Waals surface area (Å²) in [5, 5.41) is 2.90. The SMILES string of the molecule is CC(CN)N(C)C(=O)CNC(=O)c1c[nH]c2ccccc2c1=O.Cl. The molecule has 4 N–H and O–H groups in total. The van der Waals surface area contributed by atoms with Gasteiger partial charge in [-0.25, -0.2) is 0 Å². The molecule has 0 spiro atoms. The standard InChI is InChI=1S/C16H20N4O3.ClH/c1-10(7-17)20(2)14(21)9-19-16(23)12-8-18-13-6-4-3-5-11(13)15(12)22;/h3-6,8,10H,7,9,17H2,1-2H3,(H,18,22)(H,19,23);1H. The van der Waals surface area contributed by atoms with E-state index in [1.807, 2.05) is 6.92 Å². The van der Waals surface area contributed by atoms with E-state index in [4.69, 9.17) is 5.73 Å². The molecule has 2 amide bonds. The van der Waals surface area contributed by atoms with Crippen molar-refractivity contribution in [2.75, 3.05) is 20.1 Å². The molecule has 130 valence electrons. The molecule has 2 rings (SSSR count). The number of aromatic amines is 1. The van der Waals surface area contributed by atoms with Gasteiger partial charge in [0.2, 0.25) is 11.3 Å². The van der Waals surface area contributed by atoms with Gasteiger partial charge in [-0.15, -0.1) is 12.4 Å². The Morgan fingerprint density at radius 3 is 2.67 bits per heavy atom. The summed E-state index contributed by atoms with van der Waals surface area (Å²) in [7, 11) is 1.62. The lowest BCUT2D eigenvalue weighted by molar-refractivity contribution is -0.130. The molecule has 0 bridgehead atoms. The highest BCUT2D eigenvalue weighted by atomic mass is 35.5. The van der Waals surface area contributed by atoms with E-state index >= 15 is 0 Å². The molecule has 24 heavy (non-hydrogen) atoms. The van der Waals surface area contributed by atoms with Crippen molar-refractivity contribution in [1.29, 1.82) is 0 Å². The molecule has 1 aromatic heterocycles. The van der Waals surface area contributed by atoms with Crippen LogP contribution in [-0.2, 0) is 4.79 Å². The zero-order valence-electron chi connectivity index (χ0n) is 13.5. The van der Waals surface area contributed by atoms with E-state index < -0.39 is 5.91 Å². The van der Waals surface area contributed by atoms with Crippen LogP contribution in [0.2, 0.25) is 0 Å². The average Bonchev–Trinajstić information content (AvgIpc) is 2.58. The van der Waals surface area contributed by atoms with Gasteiger partial charge in [0, 0.05) is 36.7 Å². The lowest BCUT2D eigenvalue weighted by Crippen LogP contribution is -2.45. The number of para-hydroxylation sites is 1. The predicted octanol–water partition coefficient (Wildman–Crippen LogP) is 0.485. The van der Waals surface area contributed by atoms with E-state index in [1.165, 1.54) is 11.1 Å². The first kappa shape index (κ1) is 19.7. The first-order valence-corrected chi connectivity index (χ1v) is 7.30. The minimum atomic E-state index is -0.584. The van der Waals surface area contributed by atoms with Crippen molar-refractivity contribution >= 4 is 35.1 Å². The third-order valence-corrected chi connectivity index (χ3v) is 3.83. The van der Waals surface area contributed by atoms with Gasteiger partial charge in [-0.05, 0) is 19.1 Å². The number of hydrogen-bond donors (Lipinski definition) is 3. The summed E-state index contributed by atoms with van der Waals surface area (Å²) in [6.45, 7) is 1.96. The summed E-state index contributed by atoms with van der Waals surface area (Å²) in [5.74, 6) is -0.854. The number of benzene rings is 1. The number of fused-ring (bicyclic) bond motifs is 1. The number of carbonyl (C=O) groups excluding carboxylic acids is 2. The van der Waals surface area contributed by atoms with Gasteiger partial charge in [0.15, 0.2) is 0 Å². The quantitative estimate of drug-likeness (QED) is 0.727. The monoisotopic (exact) mass is 352 g/mol. The molecule has 0 saturated heterocycles. The van der Waals surface area contributed by atoms with Crippen molar-refractivity contribution in [3.8, 4) is 0 Å². The molecule has 1 unspecified atom stereocenters. The number of hydrogen-bond acceptors (Lipinski definition) is 4. The number of halogens is 1. The summed E-state index contributed by atoms with van der Waals surface area (Å²) >= 11 is 0. The molecule has 2 aromatic rings. The molecule has 0 aliphatic heterocycles. The molecular weight excluding hydrogens is 332 g/mol. The second-order valence-electron chi connectivity index (χ2n) is 5.35. The number of carbonyl (C=O) groups is 2. The van der Waals surface area contributed by atoms with Crippen LogP contribution in [0.25, 0.3) is 10.9 Å². The molecule has 1 heterocycles. The van der Waals surface area contributed by atoms with Crippen LogP contribution in [-0.4, -0.2) is 47.9 Å². The van der Waals surface area contributed by atoms with E-state index in [-0.39, 0.29) is 41.9 Å². The summed E-state index contributed by atoms with van der Waals surface area (Å²) in [6, 6.07) is 6.80. The van der Waals surface area contributed by atoms with Gasteiger partial charge < -0.3 is 20.9 Å². The van der Waals surface area contributed by atoms with Crippen molar-refractivity contribution in [2.45, 2.75) is 13.0 Å². The fourth-order valence-electron chi connectivity index (χ4n) is 2.12. The maximum atomic E-state index is 12.3. The lowest BCUT2D eigenvalue weighted by Gasteiger charge is -2.23. The second kappa shape index (κ2) is 8.47. The fraction of sp³-hybridized carbons (Fsp3) is 0.312. The number of aromatic nitrogens is 1. The van der Waals surface area contributed by atoms with Crippen molar-refractivity contribution in [2.24, 2.45) is 5.73 Å². The maximum Gasteiger partial charge on any atom is 0.257 e. The number of nitrogens with one attached hydrogen (secondary N) is 2. The zero-order chi connectivity index (χ0) is 17.0. The Morgan fingerprint density at radius 2 is 2.00 bits per heavy atom. The Balaban J connectivity index is 0.00000288. The van der Waals surface area contributed by atoms with Crippen LogP contribution in [0.3, 0.4) is 0 Å². The number of nitrogens with two attached hydrogens (primary N) is 1. The van der Waals surface area contributed by atoms with Crippen molar-refractivity contribution in [3.05, 3.63) is 46.2 Å². The third-order valence-electron chi connectivity index (χ3n) is 3.83. The van der Waals surface area contributed by atoms with Crippen LogP contribution >= 0.6 is 12.4 Å². The van der Waals surface area contributed by atoms with E-state index in [0.717, 1.165) is 0 Å². The van der Waals surface area contributed by atoms with Crippen LogP contribution in [0.4, 0.5) is 0 Å². The average molecular weight is 353 g/mol. The van der Waals surface area contributed by atoms with Crippen molar-refractivity contribution in [1.82, 2.24) is 15.2 Å². The number of pyridine rings is 1.